The van der Waals surface area contributed by atoms with Crippen molar-refractivity contribution in [1.29, 1.82) is 0 Å². The van der Waals surface area contributed by atoms with Crippen LogP contribution in [0.3, 0.4) is 0 Å². The molecule has 0 fully saturated rings. The Bertz CT molecular complexity index is 504. The maximum atomic E-state index is 12.4. The molecule has 0 aliphatic rings. The predicted molar refractivity (Wildman–Crippen MR) is 169 cm³/mol. The molecule has 0 radical (unpaired) electrons. The zero-order chi connectivity index (χ0) is 27.9. The summed E-state index contributed by atoms with van der Waals surface area (Å²) in [6.07, 6.45) is 37.6. The van der Waals surface area contributed by atoms with E-state index in [0.717, 1.165) is 32.1 Å². The lowest BCUT2D eigenvalue weighted by Crippen LogP contribution is -2.42. The van der Waals surface area contributed by atoms with E-state index in [1.165, 1.54) is 135 Å². The highest BCUT2D eigenvalue weighted by Crippen LogP contribution is 2.15. The Morgan fingerprint density at radius 3 is 1.45 bits per heavy atom. The zero-order valence-corrected chi connectivity index (χ0v) is 26.3. The van der Waals surface area contributed by atoms with Gasteiger partial charge in [0.25, 0.3) is 0 Å². The molecular formula is C35H69NO2. The van der Waals surface area contributed by atoms with E-state index in [0.29, 0.717) is 6.42 Å². The minimum Gasteiger partial charge on any atom is -0.391 e. The van der Waals surface area contributed by atoms with E-state index in [1.807, 2.05) is 0 Å². The monoisotopic (exact) mass is 536 g/mol. The molecule has 0 aliphatic heterocycles. The molecule has 3 heteroatoms. The maximum Gasteiger partial charge on any atom is 0.220 e. The number of hydrogen-bond acceptors (Lipinski definition) is 2. The second-order valence-electron chi connectivity index (χ2n) is 11.8. The van der Waals surface area contributed by atoms with Crippen molar-refractivity contribution in [2.45, 2.75) is 206 Å². The molecule has 2 unspecified atom stereocenters. The molecule has 0 saturated heterocycles. The molecule has 38 heavy (non-hydrogen) atoms. The summed E-state index contributed by atoms with van der Waals surface area (Å²) < 4.78 is 0. The minimum absolute atomic E-state index is 0.0880. The summed E-state index contributed by atoms with van der Waals surface area (Å²) in [6, 6.07) is -0.0880. The first-order valence-electron chi connectivity index (χ1n) is 17.3. The standard InChI is InChI=1S/C35H69NO2/c1-4-7-9-11-13-15-17-18-19-20-22-23-25-27-29-31-34(37)33(6-3)36-35(38)32-30-28-26-24-21-16-14-12-10-8-5-2/h15,17,33-34,37H,4-14,16,18-32H2,1-3H3,(H,36,38). The molecule has 0 aromatic rings. The average Bonchev–Trinajstić information content (AvgIpc) is 2.92. The molecular weight excluding hydrogens is 466 g/mol. The second-order valence-corrected chi connectivity index (χ2v) is 11.8. The summed E-state index contributed by atoms with van der Waals surface area (Å²) in [7, 11) is 0. The van der Waals surface area contributed by atoms with E-state index in [1.54, 1.807) is 0 Å². The number of carbonyl (C=O) groups is 1. The van der Waals surface area contributed by atoms with Gasteiger partial charge in [0.1, 0.15) is 0 Å². The van der Waals surface area contributed by atoms with Gasteiger partial charge in [-0.2, -0.15) is 0 Å². The largest absolute Gasteiger partial charge is 0.391 e. The first kappa shape index (κ1) is 37.2. The molecule has 2 atom stereocenters. The molecule has 0 bridgehead atoms. The number of hydrogen-bond donors (Lipinski definition) is 2. The van der Waals surface area contributed by atoms with Gasteiger partial charge in [0.2, 0.25) is 5.91 Å². The first-order chi connectivity index (χ1) is 18.7. The lowest BCUT2D eigenvalue weighted by molar-refractivity contribution is -0.122. The number of amides is 1. The molecule has 0 aliphatic carbocycles. The molecule has 0 aromatic heterocycles. The number of rotatable bonds is 30. The van der Waals surface area contributed by atoms with Crippen LogP contribution >= 0.6 is 0 Å². The number of carbonyl (C=O) groups excluding carboxylic acids is 1. The predicted octanol–water partition coefficient (Wildman–Crippen LogP) is 11.0. The number of unbranched alkanes of at least 4 members (excludes halogenated alkanes) is 21. The second kappa shape index (κ2) is 30.7. The number of allylic oxidation sites excluding steroid dienone is 2. The van der Waals surface area contributed by atoms with Gasteiger partial charge in [0, 0.05) is 6.42 Å². The third-order valence-corrected chi connectivity index (χ3v) is 8.02. The molecule has 0 rings (SSSR count). The van der Waals surface area contributed by atoms with Gasteiger partial charge in [-0.05, 0) is 44.9 Å². The van der Waals surface area contributed by atoms with Crippen LogP contribution in [-0.4, -0.2) is 23.2 Å². The van der Waals surface area contributed by atoms with E-state index in [-0.39, 0.29) is 11.9 Å². The average molecular weight is 536 g/mol. The molecule has 0 spiro atoms. The molecule has 0 heterocycles. The van der Waals surface area contributed by atoms with Crippen LogP contribution < -0.4 is 5.32 Å². The van der Waals surface area contributed by atoms with Crippen LogP contribution in [0.5, 0.6) is 0 Å². The molecule has 0 aromatic carbocycles. The van der Waals surface area contributed by atoms with Crippen LogP contribution in [0.4, 0.5) is 0 Å². The Morgan fingerprint density at radius 2 is 0.974 bits per heavy atom. The molecule has 226 valence electrons. The van der Waals surface area contributed by atoms with Crippen molar-refractivity contribution in [2.24, 2.45) is 0 Å². The van der Waals surface area contributed by atoms with Crippen molar-refractivity contribution in [3.8, 4) is 0 Å². The SMILES string of the molecule is CCCCCCC=CCCCCCCCCCC(O)C(CC)NC(=O)CCCCCCCCCCCCC. The van der Waals surface area contributed by atoms with E-state index < -0.39 is 6.10 Å². The van der Waals surface area contributed by atoms with E-state index in [9.17, 15) is 9.90 Å². The lowest BCUT2D eigenvalue weighted by Gasteiger charge is -2.23. The Hall–Kier alpha value is -0.830. The smallest absolute Gasteiger partial charge is 0.220 e. The zero-order valence-electron chi connectivity index (χ0n) is 26.3. The van der Waals surface area contributed by atoms with Gasteiger partial charge in [-0.15, -0.1) is 0 Å². The molecule has 2 N–H and O–H groups in total. The summed E-state index contributed by atoms with van der Waals surface area (Å²) in [5, 5.41) is 13.7. The van der Waals surface area contributed by atoms with Crippen LogP contribution in [0, 0.1) is 0 Å². The summed E-state index contributed by atoms with van der Waals surface area (Å²) in [6.45, 7) is 6.60. The van der Waals surface area contributed by atoms with Crippen LogP contribution in [0.25, 0.3) is 0 Å². The first-order valence-corrected chi connectivity index (χ1v) is 17.3. The number of nitrogens with one attached hydrogen (secondary N) is 1. The lowest BCUT2D eigenvalue weighted by atomic mass is 10.00. The van der Waals surface area contributed by atoms with Gasteiger partial charge >= 0.3 is 0 Å². The topological polar surface area (TPSA) is 49.3 Å². The van der Waals surface area contributed by atoms with Gasteiger partial charge in [-0.3, -0.25) is 4.79 Å². The fourth-order valence-corrected chi connectivity index (χ4v) is 5.32. The van der Waals surface area contributed by atoms with E-state index in [2.05, 4.69) is 38.2 Å². The summed E-state index contributed by atoms with van der Waals surface area (Å²) in [4.78, 5) is 12.4. The Balaban J connectivity index is 3.58. The van der Waals surface area contributed by atoms with Gasteiger partial charge < -0.3 is 10.4 Å². The Morgan fingerprint density at radius 1 is 0.579 bits per heavy atom. The molecule has 0 saturated carbocycles. The normalized spacial score (nSPS) is 13.3. The minimum atomic E-state index is -0.407. The highest BCUT2D eigenvalue weighted by atomic mass is 16.3. The van der Waals surface area contributed by atoms with E-state index >= 15 is 0 Å². The van der Waals surface area contributed by atoms with Gasteiger partial charge in [0.05, 0.1) is 12.1 Å². The van der Waals surface area contributed by atoms with Crippen molar-refractivity contribution < 1.29 is 9.90 Å². The van der Waals surface area contributed by atoms with E-state index in [4.69, 9.17) is 0 Å². The third-order valence-electron chi connectivity index (χ3n) is 8.02. The van der Waals surface area contributed by atoms with Crippen LogP contribution in [-0.2, 0) is 4.79 Å². The van der Waals surface area contributed by atoms with Crippen LogP contribution in [0.2, 0.25) is 0 Å². The van der Waals surface area contributed by atoms with Crippen molar-refractivity contribution in [1.82, 2.24) is 5.32 Å². The van der Waals surface area contributed by atoms with Crippen LogP contribution in [0.15, 0.2) is 12.2 Å². The fourth-order valence-electron chi connectivity index (χ4n) is 5.32. The van der Waals surface area contributed by atoms with Crippen LogP contribution in [0.1, 0.15) is 194 Å². The molecule has 1 amide bonds. The van der Waals surface area contributed by atoms with Crippen molar-refractivity contribution in [3.63, 3.8) is 0 Å². The van der Waals surface area contributed by atoms with Crippen molar-refractivity contribution >= 4 is 5.91 Å². The van der Waals surface area contributed by atoms with Gasteiger partial charge in [-0.25, -0.2) is 0 Å². The maximum absolute atomic E-state index is 12.4. The van der Waals surface area contributed by atoms with Crippen molar-refractivity contribution in [2.75, 3.05) is 0 Å². The Kier molecular flexibility index (Phi) is 30.0. The van der Waals surface area contributed by atoms with Gasteiger partial charge in [-0.1, -0.05) is 155 Å². The Labute approximate surface area is 239 Å². The third kappa shape index (κ3) is 26.8. The summed E-state index contributed by atoms with van der Waals surface area (Å²) in [5.41, 5.74) is 0. The molecule has 3 nitrogen and oxygen atoms in total. The van der Waals surface area contributed by atoms with Crippen molar-refractivity contribution in [3.05, 3.63) is 12.2 Å². The quantitative estimate of drug-likeness (QED) is 0.0709. The summed E-state index contributed by atoms with van der Waals surface area (Å²) >= 11 is 0. The number of aliphatic hydroxyl groups is 1. The number of aliphatic hydroxyl groups excluding tert-OH is 1. The fraction of sp³-hybridized carbons (Fsp3) is 0.914. The highest BCUT2D eigenvalue weighted by molar-refractivity contribution is 5.76. The summed E-state index contributed by atoms with van der Waals surface area (Å²) in [5.74, 6) is 0.123. The van der Waals surface area contributed by atoms with Gasteiger partial charge in [0.15, 0.2) is 0 Å². The highest BCUT2D eigenvalue weighted by Gasteiger charge is 2.18.